The third-order valence-electron chi connectivity index (χ3n) is 5.16. The van der Waals surface area contributed by atoms with Crippen molar-refractivity contribution < 1.29 is 17.9 Å². The summed E-state index contributed by atoms with van der Waals surface area (Å²) in [4.78, 5) is 4.54. The van der Waals surface area contributed by atoms with Crippen molar-refractivity contribution in [2.24, 2.45) is 0 Å². The highest BCUT2D eigenvalue weighted by molar-refractivity contribution is 7.91. The smallest absolute Gasteiger partial charge is 0.180 e. The first kappa shape index (κ1) is 18.8. The maximum Gasteiger partial charge on any atom is 0.180 e. The van der Waals surface area contributed by atoms with E-state index in [0.717, 1.165) is 17.7 Å². The minimum Gasteiger partial charge on any atom is -0.395 e. The van der Waals surface area contributed by atoms with Crippen molar-refractivity contribution in [2.75, 3.05) is 12.4 Å². The predicted molar refractivity (Wildman–Crippen MR) is 105 cm³/mol. The van der Waals surface area contributed by atoms with Crippen LogP contribution in [0.25, 0.3) is 11.1 Å². The topological polar surface area (TPSA) is 67.3 Å². The van der Waals surface area contributed by atoms with E-state index < -0.39 is 16.4 Å². The quantitative estimate of drug-likeness (QED) is 0.685. The Morgan fingerprint density at radius 3 is 2.50 bits per heavy atom. The number of aliphatic hydroxyl groups is 1. The molecule has 3 aromatic rings. The van der Waals surface area contributed by atoms with E-state index in [1.54, 1.807) is 18.3 Å². The van der Waals surface area contributed by atoms with Crippen molar-refractivity contribution >= 4 is 9.84 Å². The van der Waals surface area contributed by atoms with Gasteiger partial charge in [-0.25, -0.2) is 12.8 Å². The summed E-state index contributed by atoms with van der Waals surface area (Å²) in [6.07, 6.45) is 2.77. The lowest BCUT2D eigenvalue weighted by atomic mass is 9.99. The molecule has 1 fully saturated rings. The van der Waals surface area contributed by atoms with E-state index in [1.165, 1.54) is 18.2 Å². The first-order chi connectivity index (χ1) is 13.5. The molecule has 1 aromatic heterocycles. The molecule has 1 heterocycles. The summed E-state index contributed by atoms with van der Waals surface area (Å²) in [6, 6.07) is 17.1. The molecule has 28 heavy (non-hydrogen) atoms. The fraction of sp³-hybridized carbons (Fsp3) is 0.227. The summed E-state index contributed by atoms with van der Waals surface area (Å²) in [7, 11) is -3.52. The van der Waals surface area contributed by atoms with Gasteiger partial charge in [-0.05, 0) is 59.9 Å². The number of aliphatic hydroxyl groups excluding tert-OH is 1. The van der Waals surface area contributed by atoms with E-state index in [1.807, 2.05) is 30.3 Å². The zero-order chi connectivity index (χ0) is 19.7. The Kier molecular flexibility index (Phi) is 5.00. The summed E-state index contributed by atoms with van der Waals surface area (Å²) in [5.74, 6) is 0.000913. The lowest BCUT2D eigenvalue weighted by molar-refractivity contribution is 0.319. The highest BCUT2D eigenvalue weighted by Crippen LogP contribution is 2.54. The molecule has 0 radical (unpaired) electrons. The molecule has 0 aliphatic heterocycles. The summed E-state index contributed by atoms with van der Waals surface area (Å²) in [5.41, 5.74) is 3.19. The number of aromatic nitrogens is 1. The summed E-state index contributed by atoms with van der Waals surface area (Å²) in [6.45, 7) is -0.431. The van der Waals surface area contributed by atoms with Gasteiger partial charge in [0.15, 0.2) is 9.84 Å². The normalized spacial score (nSPS) is 18.8. The van der Waals surface area contributed by atoms with Crippen LogP contribution in [-0.4, -0.2) is 30.9 Å². The van der Waals surface area contributed by atoms with Gasteiger partial charge in [0, 0.05) is 23.4 Å². The monoisotopic (exact) mass is 397 g/mol. The molecule has 1 saturated carbocycles. The molecule has 4 rings (SSSR count). The SMILES string of the molecule is O=S(=O)(CCO)c1ccc(-c2cc([C@@H]3C[C@@H]3c3ccccn3)ccc2F)cc1. The van der Waals surface area contributed by atoms with Crippen molar-refractivity contribution in [1.82, 2.24) is 4.98 Å². The Morgan fingerprint density at radius 2 is 1.82 bits per heavy atom. The Hall–Kier alpha value is -2.57. The number of halogens is 1. The second-order valence-corrected chi connectivity index (χ2v) is 9.12. The van der Waals surface area contributed by atoms with E-state index in [4.69, 9.17) is 5.11 Å². The first-order valence-electron chi connectivity index (χ1n) is 9.14. The van der Waals surface area contributed by atoms with Gasteiger partial charge in [-0.15, -0.1) is 0 Å². The van der Waals surface area contributed by atoms with Crippen molar-refractivity contribution in [2.45, 2.75) is 23.2 Å². The van der Waals surface area contributed by atoms with E-state index in [0.29, 0.717) is 23.0 Å². The molecule has 1 aliphatic carbocycles. The van der Waals surface area contributed by atoms with Crippen LogP contribution in [0.2, 0.25) is 0 Å². The van der Waals surface area contributed by atoms with Crippen molar-refractivity contribution in [1.29, 1.82) is 0 Å². The molecule has 4 nitrogen and oxygen atoms in total. The molecule has 0 bridgehead atoms. The fourth-order valence-electron chi connectivity index (χ4n) is 3.56. The minimum atomic E-state index is -3.52. The largest absolute Gasteiger partial charge is 0.395 e. The number of benzene rings is 2. The molecule has 0 saturated heterocycles. The second-order valence-electron chi connectivity index (χ2n) is 7.01. The van der Waals surface area contributed by atoms with Crippen LogP contribution in [0.3, 0.4) is 0 Å². The van der Waals surface area contributed by atoms with Crippen LogP contribution in [-0.2, 0) is 9.84 Å². The molecular formula is C22H20FNO3S. The number of sulfone groups is 1. The average Bonchev–Trinajstić information content (AvgIpc) is 3.50. The third kappa shape index (κ3) is 3.70. The van der Waals surface area contributed by atoms with E-state index >= 15 is 0 Å². The van der Waals surface area contributed by atoms with E-state index in [9.17, 15) is 12.8 Å². The lowest BCUT2D eigenvalue weighted by Crippen LogP contribution is -2.09. The van der Waals surface area contributed by atoms with Crippen molar-refractivity contribution in [3.8, 4) is 11.1 Å². The second kappa shape index (κ2) is 7.45. The van der Waals surface area contributed by atoms with Gasteiger partial charge < -0.3 is 5.11 Å². The average molecular weight is 397 g/mol. The maximum absolute atomic E-state index is 14.5. The van der Waals surface area contributed by atoms with Crippen LogP contribution in [0, 0.1) is 5.82 Å². The molecule has 2 atom stereocenters. The Balaban J connectivity index is 1.60. The third-order valence-corrected chi connectivity index (χ3v) is 6.87. The summed E-state index contributed by atoms with van der Waals surface area (Å²) in [5, 5.41) is 8.89. The van der Waals surface area contributed by atoms with E-state index in [2.05, 4.69) is 4.98 Å². The van der Waals surface area contributed by atoms with Crippen molar-refractivity contribution in [3.05, 3.63) is 83.9 Å². The van der Waals surface area contributed by atoms with Crippen LogP contribution in [0.4, 0.5) is 4.39 Å². The zero-order valence-electron chi connectivity index (χ0n) is 15.1. The molecule has 6 heteroatoms. The zero-order valence-corrected chi connectivity index (χ0v) is 15.9. The molecule has 1 aliphatic rings. The van der Waals surface area contributed by atoms with Crippen LogP contribution >= 0.6 is 0 Å². The fourth-order valence-corrected chi connectivity index (χ4v) is 4.59. The number of hydrogen-bond donors (Lipinski definition) is 1. The van der Waals surface area contributed by atoms with Gasteiger partial charge in [-0.2, -0.15) is 0 Å². The van der Waals surface area contributed by atoms with Crippen LogP contribution in [0.15, 0.2) is 71.8 Å². The number of hydrogen-bond acceptors (Lipinski definition) is 4. The molecule has 144 valence electrons. The number of pyridine rings is 1. The summed E-state index contributed by atoms with van der Waals surface area (Å²) >= 11 is 0. The van der Waals surface area contributed by atoms with Gasteiger partial charge in [-0.1, -0.05) is 24.3 Å². The molecular weight excluding hydrogens is 377 g/mol. The lowest BCUT2D eigenvalue weighted by Gasteiger charge is -2.09. The van der Waals surface area contributed by atoms with E-state index in [-0.39, 0.29) is 16.5 Å². The Bertz CT molecular complexity index is 1080. The number of nitrogens with zero attached hydrogens (tertiary/aromatic N) is 1. The van der Waals surface area contributed by atoms with Gasteiger partial charge in [0.25, 0.3) is 0 Å². The Morgan fingerprint density at radius 1 is 1.04 bits per heavy atom. The van der Waals surface area contributed by atoms with Crippen molar-refractivity contribution in [3.63, 3.8) is 0 Å². The highest BCUT2D eigenvalue weighted by Gasteiger charge is 2.40. The summed E-state index contributed by atoms with van der Waals surface area (Å²) < 4.78 is 38.5. The first-order valence-corrected chi connectivity index (χ1v) is 10.8. The molecule has 0 unspecified atom stereocenters. The van der Waals surface area contributed by atoms with Crippen LogP contribution in [0.5, 0.6) is 0 Å². The molecule has 0 spiro atoms. The minimum absolute atomic E-state index is 0.124. The van der Waals surface area contributed by atoms with Crippen LogP contribution < -0.4 is 0 Å². The van der Waals surface area contributed by atoms with Gasteiger partial charge in [0.1, 0.15) is 5.82 Å². The molecule has 1 N–H and O–H groups in total. The van der Waals surface area contributed by atoms with Gasteiger partial charge in [-0.3, -0.25) is 4.98 Å². The molecule has 2 aromatic carbocycles. The predicted octanol–water partition coefficient (Wildman–Crippen LogP) is 3.92. The number of rotatable bonds is 6. The van der Waals surface area contributed by atoms with Gasteiger partial charge in [0.2, 0.25) is 0 Å². The van der Waals surface area contributed by atoms with Crippen LogP contribution in [0.1, 0.15) is 29.5 Å². The standard InChI is InChI=1S/C22H20FNO3S/c23-21-9-6-16(18-14-20(18)22-3-1-2-10-24-22)13-19(21)15-4-7-17(8-5-15)28(26,27)12-11-25/h1-10,13,18,20,25H,11-12,14H2/t18-,20-/m0/s1. The van der Waals surface area contributed by atoms with Gasteiger partial charge in [0.05, 0.1) is 17.3 Å². The molecule has 0 amide bonds. The highest BCUT2D eigenvalue weighted by atomic mass is 32.2. The van der Waals surface area contributed by atoms with Gasteiger partial charge >= 0.3 is 0 Å². The Labute approximate surface area is 163 Å². The maximum atomic E-state index is 14.5.